The highest BCUT2D eigenvalue weighted by molar-refractivity contribution is 5.96. The van der Waals surface area contributed by atoms with E-state index in [4.69, 9.17) is 5.73 Å². The number of carbonyl (C=O) groups excluding carboxylic acids is 1. The first kappa shape index (κ1) is 22.0. The Labute approximate surface area is 178 Å². The summed E-state index contributed by atoms with van der Waals surface area (Å²) in [7, 11) is 3.14. The second kappa shape index (κ2) is 9.40. The van der Waals surface area contributed by atoms with Crippen molar-refractivity contribution in [2.45, 2.75) is 13.1 Å². The minimum absolute atomic E-state index is 0.0380. The van der Waals surface area contributed by atoms with Gasteiger partial charge in [0.15, 0.2) is 5.69 Å². The second-order valence-corrected chi connectivity index (χ2v) is 7.32. The maximum absolute atomic E-state index is 13.4. The number of H-pyrrole nitrogens is 1. The fourth-order valence-corrected chi connectivity index (χ4v) is 3.29. The molecule has 162 valence electrons. The fraction of sp³-hybridized carbons (Fsp3) is 0.227. The van der Waals surface area contributed by atoms with Crippen LogP contribution in [0, 0.1) is 5.82 Å². The maximum atomic E-state index is 13.4. The predicted octanol–water partition coefficient (Wildman–Crippen LogP) is 1.40. The van der Waals surface area contributed by atoms with E-state index in [1.54, 1.807) is 24.1 Å². The zero-order valence-electron chi connectivity index (χ0n) is 17.3. The molecule has 0 fully saturated rings. The lowest BCUT2D eigenvalue weighted by atomic mass is 10.2. The van der Waals surface area contributed by atoms with E-state index in [2.05, 4.69) is 4.98 Å². The molecule has 31 heavy (non-hydrogen) atoms. The van der Waals surface area contributed by atoms with Crippen molar-refractivity contribution < 1.29 is 9.18 Å². The van der Waals surface area contributed by atoms with E-state index in [9.17, 15) is 18.8 Å². The van der Waals surface area contributed by atoms with Gasteiger partial charge in [-0.2, -0.15) is 0 Å². The Kier molecular flexibility index (Phi) is 6.66. The van der Waals surface area contributed by atoms with Crippen molar-refractivity contribution in [2.24, 2.45) is 0 Å². The molecule has 0 saturated heterocycles. The monoisotopic (exact) mass is 425 g/mol. The van der Waals surface area contributed by atoms with Crippen molar-refractivity contribution in [2.75, 3.05) is 31.3 Å². The molecule has 2 aromatic carbocycles. The molecule has 0 aliphatic rings. The number of amides is 1. The molecule has 0 saturated carbocycles. The summed E-state index contributed by atoms with van der Waals surface area (Å²) >= 11 is 0. The van der Waals surface area contributed by atoms with Crippen molar-refractivity contribution in [3.63, 3.8) is 0 Å². The number of nitrogens with zero attached hydrogens (tertiary/aromatic N) is 3. The summed E-state index contributed by atoms with van der Waals surface area (Å²) in [5, 5.41) is 0. The average molecular weight is 425 g/mol. The standard InChI is InChI=1S/C22H24FN5O3/c1-26(12-16-9-6-10-17(23)11-16)14-18(29)27(2)19-20(24)28(22(31)25-21(19)30)13-15-7-4-3-5-8-15/h3-11H,12-14,24H2,1-2H3,(H,25,30,31). The lowest BCUT2D eigenvalue weighted by Gasteiger charge is -2.23. The Bertz CT molecular complexity index is 1190. The quantitative estimate of drug-likeness (QED) is 0.596. The van der Waals surface area contributed by atoms with Crippen LogP contribution in [0.15, 0.2) is 64.2 Å². The topological polar surface area (TPSA) is 104 Å². The summed E-state index contributed by atoms with van der Waals surface area (Å²) < 4.78 is 14.6. The van der Waals surface area contributed by atoms with Gasteiger partial charge in [0.2, 0.25) is 5.91 Å². The third kappa shape index (κ3) is 5.26. The smallest absolute Gasteiger partial charge is 0.330 e. The van der Waals surface area contributed by atoms with Crippen molar-refractivity contribution in [1.82, 2.24) is 14.5 Å². The van der Waals surface area contributed by atoms with Gasteiger partial charge in [-0.05, 0) is 30.3 Å². The molecule has 3 rings (SSSR count). The summed E-state index contributed by atoms with van der Waals surface area (Å²) in [6.45, 7) is 0.456. The second-order valence-electron chi connectivity index (χ2n) is 7.32. The van der Waals surface area contributed by atoms with Crippen LogP contribution in [0.5, 0.6) is 0 Å². The van der Waals surface area contributed by atoms with E-state index in [1.807, 2.05) is 30.3 Å². The first-order chi connectivity index (χ1) is 14.8. The molecule has 0 spiro atoms. The molecule has 0 bridgehead atoms. The normalized spacial score (nSPS) is 11.0. The number of likely N-dealkylation sites (N-methyl/N-ethyl adjacent to an activating group) is 2. The number of hydrogen-bond donors (Lipinski definition) is 2. The Morgan fingerprint density at radius 3 is 2.42 bits per heavy atom. The van der Waals surface area contributed by atoms with Gasteiger partial charge >= 0.3 is 5.69 Å². The molecule has 1 aromatic heterocycles. The minimum atomic E-state index is -0.740. The van der Waals surface area contributed by atoms with Crippen LogP contribution in [0.3, 0.4) is 0 Å². The number of carbonyl (C=O) groups is 1. The number of hydrogen-bond acceptors (Lipinski definition) is 5. The number of aromatic nitrogens is 2. The van der Waals surface area contributed by atoms with Gasteiger partial charge in [0.1, 0.15) is 11.6 Å². The van der Waals surface area contributed by atoms with E-state index in [0.717, 1.165) is 10.5 Å². The van der Waals surface area contributed by atoms with Gasteiger partial charge in [0, 0.05) is 13.6 Å². The molecule has 1 amide bonds. The van der Waals surface area contributed by atoms with E-state index in [1.165, 1.54) is 23.7 Å². The van der Waals surface area contributed by atoms with Crippen molar-refractivity contribution in [3.8, 4) is 0 Å². The highest BCUT2D eigenvalue weighted by Gasteiger charge is 2.22. The molecule has 3 N–H and O–H groups in total. The van der Waals surface area contributed by atoms with Gasteiger partial charge < -0.3 is 10.6 Å². The van der Waals surface area contributed by atoms with Crippen LogP contribution < -0.4 is 21.9 Å². The zero-order chi connectivity index (χ0) is 22.5. The highest BCUT2D eigenvalue weighted by atomic mass is 19.1. The van der Waals surface area contributed by atoms with Gasteiger partial charge in [-0.15, -0.1) is 0 Å². The number of rotatable bonds is 7. The molecule has 0 aliphatic carbocycles. The third-order valence-electron chi connectivity index (χ3n) is 4.85. The summed E-state index contributed by atoms with van der Waals surface area (Å²) in [5.41, 5.74) is 6.18. The summed E-state index contributed by atoms with van der Waals surface area (Å²) in [5.74, 6) is -0.850. The van der Waals surface area contributed by atoms with Gasteiger partial charge in [0.05, 0.1) is 13.1 Å². The number of nitrogens with one attached hydrogen (secondary N) is 1. The van der Waals surface area contributed by atoms with Crippen LogP contribution >= 0.6 is 0 Å². The maximum Gasteiger partial charge on any atom is 0.330 e. The molecule has 9 heteroatoms. The highest BCUT2D eigenvalue weighted by Crippen LogP contribution is 2.17. The molecule has 0 aliphatic heterocycles. The lowest BCUT2D eigenvalue weighted by Crippen LogP contribution is -2.42. The predicted molar refractivity (Wildman–Crippen MR) is 117 cm³/mol. The van der Waals surface area contributed by atoms with Crippen molar-refractivity contribution in [3.05, 3.63) is 92.4 Å². The van der Waals surface area contributed by atoms with Crippen LogP contribution in [0.25, 0.3) is 0 Å². The Balaban J connectivity index is 1.80. The van der Waals surface area contributed by atoms with Crippen LogP contribution in [-0.2, 0) is 17.9 Å². The molecule has 0 atom stereocenters. The molecule has 8 nitrogen and oxygen atoms in total. The Morgan fingerprint density at radius 1 is 1.06 bits per heavy atom. The average Bonchev–Trinajstić information content (AvgIpc) is 2.71. The molecule has 1 heterocycles. The van der Waals surface area contributed by atoms with E-state index >= 15 is 0 Å². The Hall–Kier alpha value is -3.72. The Morgan fingerprint density at radius 2 is 1.74 bits per heavy atom. The van der Waals surface area contributed by atoms with E-state index in [0.29, 0.717) is 12.1 Å². The zero-order valence-corrected chi connectivity index (χ0v) is 17.3. The molecule has 3 aromatic rings. The van der Waals surface area contributed by atoms with Gasteiger partial charge in [0.25, 0.3) is 5.56 Å². The van der Waals surface area contributed by atoms with Crippen molar-refractivity contribution >= 4 is 17.4 Å². The number of nitrogen functional groups attached to an aromatic ring is 1. The van der Waals surface area contributed by atoms with Crippen LogP contribution in [0.4, 0.5) is 15.9 Å². The summed E-state index contributed by atoms with van der Waals surface area (Å²) in [4.78, 5) is 42.6. The van der Waals surface area contributed by atoms with Crippen LogP contribution in [-0.4, -0.2) is 41.0 Å². The number of benzene rings is 2. The first-order valence-corrected chi connectivity index (χ1v) is 9.62. The van der Waals surface area contributed by atoms with Crippen LogP contribution in [0.2, 0.25) is 0 Å². The number of aromatic amines is 1. The number of halogens is 1. The molecular formula is C22H24FN5O3. The molecule has 0 radical (unpaired) electrons. The van der Waals surface area contributed by atoms with Gasteiger partial charge in [-0.25, -0.2) is 9.18 Å². The minimum Gasteiger partial charge on any atom is -0.383 e. The third-order valence-corrected chi connectivity index (χ3v) is 4.85. The van der Waals surface area contributed by atoms with E-state index < -0.39 is 17.2 Å². The van der Waals surface area contributed by atoms with Gasteiger partial charge in [-0.1, -0.05) is 42.5 Å². The number of anilines is 2. The van der Waals surface area contributed by atoms with E-state index in [-0.39, 0.29) is 30.4 Å². The van der Waals surface area contributed by atoms with Gasteiger partial charge in [-0.3, -0.25) is 24.0 Å². The number of nitrogens with two attached hydrogens (primary N) is 1. The molecule has 0 unspecified atom stereocenters. The first-order valence-electron chi connectivity index (χ1n) is 9.62. The lowest BCUT2D eigenvalue weighted by molar-refractivity contribution is -0.119. The van der Waals surface area contributed by atoms with Crippen LogP contribution in [0.1, 0.15) is 11.1 Å². The fourth-order valence-electron chi connectivity index (χ4n) is 3.29. The molecular weight excluding hydrogens is 401 g/mol. The van der Waals surface area contributed by atoms with Crippen molar-refractivity contribution in [1.29, 1.82) is 0 Å². The summed E-state index contributed by atoms with van der Waals surface area (Å²) in [6.07, 6.45) is 0. The SMILES string of the molecule is CN(CC(=O)N(C)c1c(N)n(Cc2ccccc2)c(=O)[nH]c1=O)Cc1cccc(F)c1. The summed E-state index contributed by atoms with van der Waals surface area (Å²) in [6, 6.07) is 15.3. The largest absolute Gasteiger partial charge is 0.383 e.